The summed E-state index contributed by atoms with van der Waals surface area (Å²) in [5, 5.41) is 9.14. The predicted octanol–water partition coefficient (Wildman–Crippen LogP) is 0.646. The molecular formula is C13H17N3O3. The second-order valence-corrected chi connectivity index (χ2v) is 5.02. The average molecular weight is 263 g/mol. The van der Waals surface area contributed by atoms with Gasteiger partial charge in [-0.1, -0.05) is 6.92 Å². The molecule has 6 nitrogen and oxygen atoms in total. The summed E-state index contributed by atoms with van der Waals surface area (Å²) in [5.41, 5.74) is 6.45. The number of carbonyl (C=O) groups is 2. The number of aliphatic carboxylic acids is 1. The number of amides is 1. The normalized spacial score (nSPS) is 22.5. The Morgan fingerprint density at radius 2 is 2.11 bits per heavy atom. The van der Waals surface area contributed by atoms with Gasteiger partial charge in [0, 0.05) is 18.8 Å². The van der Waals surface area contributed by atoms with Gasteiger partial charge in [0.1, 0.15) is 5.82 Å². The summed E-state index contributed by atoms with van der Waals surface area (Å²) in [6, 6.07) is 3.36. The molecule has 2 rings (SSSR count). The summed E-state index contributed by atoms with van der Waals surface area (Å²) >= 11 is 0. The van der Waals surface area contributed by atoms with Gasteiger partial charge < -0.3 is 15.7 Å². The molecule has 0 radical (unpaired) electrons. The van der Waals surface area contributed by atoms with Gasteiger partial charge in [0.05, 0.1) is 11.5 Å². The zero-order valence-corrected chi connectivity index (χ0v) is 11.0. The van der Waals surface area contributed by atoms with Crippen LogP contribution in [-0.2, 0) is 4.79 Å². The molecule has 1 aromatic rings. The van der Waals surface area contributed by atoms with Crippen LogP contribution in [0.2, 0.25) is 0 Å². The molecule has 0 unspecified atom stereocenters. The molecule has 0 spiro atoms. The number of primary amides is 1. The van der Waals surface area contributed by atoms with Crippen LogP contribution in [0.5, 0.6) is 0 Å². The molecule has 1 amide bonds. The van der Waals surface area contributed by atoms with Gasteiger partial charge in [-0.15, -0.1) is 0 Å². The van der Waals surface area contributed by atoms with Gasteiger partial charge in [0.15, 0.2) is 0 Å². The van der Waals surface area contributed by atoms with Crippen molar-refractivity contribution < 1.29 is 14.7 Å². The number of carbonyl (C=O) groups excluding carboxylic acids is 1. The molecular weight excluding hydrogens is 246 g/mol. The van der Waals surface area contributed by atoms with Crippen molar-refractivity contribution in [1.29, 1.82) is 0 Å². The van der Waals surface area contributed by atoms with Crippen LogP contribution < -0.4 is 10.6 Å². The maximum atomic E-state index is 11.4. The Morgan fingerprint density at radius 3 is 2.63 bits per heavy atom. The average Bonchev–Trinajstić information content (AvgIpc) is 2.70. The quantitative estimate of drug-likeness (QED) is 0.834. The van der Waals surface area contributed by atoms with Crippen LogP contribution in [0, 0.1) is 18.8 Å². The lowest BCUT2D eigenvalue weighted by atomic mass is 9.99. The van der Waals surface area contributed by atoms with E-state index in [1.165, 1.54) is 0 Å². The van der Waals surface area contributed by atoms with E-state index in [-0.39, 0.29) is 5.92 Å². The molecule has 1 aromatic heterocycles. The second-order valence-electron chi connectivity index (χ2n) is 5.02. The summed E-state index contributed by atoms with van der Waals surface area (Å²) in [6.07, 6.45) is 0. The highest BCUT2D eigenvalue weighted by molar-refractivity contribution is 5.97. The van der Waals surface area contributed by atoms with Crippen molar-refractivity contribution in [3.05, 3.63) is 23.4 Å². The molecule has 2 heterocycles. The summed E-state index contributed by atoms with van der Waals surface area (Å²) in [6.45, 7) is 4.63. The number of rotatable bonds is 3. The fourth-order valence-electron chi connectivity index (χ4n) is 2.44. The smallest absolute Gasteiger partial charge is 0.308 e. The molecule has 1 saturated heterocycles. The molecule has 0 saturated carbocycles. The van der Waals surface area contributed by atoms with E-state index in [1.54, 1.807) is 12.1 Å². The Morgan fingerprint density at radius 1 is 1.42 bits per heavy atom. The highest BCUT2D eigenvalue weighted by atomic mass is 16.4. The number of aromatic nitrogens is 1. The lowest BCUT2D eigenvalue weighted by molar-refractivity contribution is -0.142. The van der Waals surface area contributed by atoms with Crippen LogP contribution in [0.3, 0.4) is 0 Å². The largest absolute Gasteiger partial charge is 0.481 e. The van der Waals surface area contributed by atoms with Crippen molar-refractivity contribution in [2.75, 3.05) is 18.0 Å². The molecule has 3 N–H and O–H groups in total. The van der Waals surface area contributed by atoms with Crippen molar-refractivity contribution in [3.63, 3.8) is 0 Å². The number of hydrogen-bond donors (Lipinski definition) is 2. The van der Waals surface area contributed by atoms with Gasteiger partial charge >= 0.3 is 5.97 Å². The first-order chi connectivity index (χ1) is 8.90. The topological polar surface area (TPSA) is 96.5 Å². The maximum Gasteiger partial charge on any atom is 0.308 e. The van der Waals surface area contributed by atoms with Gasteiger partial charge in [-0.25, -0.2) is 4.98 Å². The minimum Gasteiger partial charge on any atom is -0.481 e. The molecule has 2 atom stereocenters. The summed E-state index contributed by atoms with van der Waals surface area (Å²) in [4.78, 5) is 28.7. The number of carboxylic acids is 1. The van der Waals surface area contributed by atoms with Gasteiger partial charge in [-0.3, -0.25) is 9.59 Å². The van der Waals surface area contributed by atoms with E-state index < -0.39 is 17.8 Å². The van der Waals surface area contributed by atoms with E-state index in [2.05, 4.69) is 4.98 Å². The van der Waals surface area contributed by atoms with Gasteiger partial charge in [0.2, 0.25) is 0 Å². The van der Waals surface area contributed by atoms with Crippen LogP contribution in [0.1, 0.15) is 23.0 Å². The Bertz CT molecular complexity index is 530. The fourth-order valence-corrected chi connectivity index (χ4v) is 2.44. The summed E-state index contributed by atoms with van der Waals surface area (Å²) in [7, 11) is 0. The van der Waals surface area contributed by atoms with Crippen LogP contribution in [-0.4, -0.2) is 35.1 Å². The number of anilines is 1. The Balaban J connectivity index is 2.35. The van der Waals surface area contributed by atoms with E-state index in [0.717, 1.165) is 5.69 Å². The molecule has 6 heteroatoms. The van der Waals surface area contributed by atoms with Crippen molar-refractivity contribution in [2.24, 2.45) is 17.6 Å². The predicted molar refractivity (Wildman–Crippen MR) is 70.0 cm³/mol. The first kappa shape index (κ1) is 13.3. The van der Waals surface area contributed by atoms with Gasteiger partial charge in [0.25, 0.3) is 5.91 Å². The van der Waals surface area contributed by atoms with E-state index in [0.29, 0.717) is 24.5 Å². The number of hydrogen-bond acceptors (Lipinski definition) is 4. The molecule has 1 aliphatic heterocycles. The Kier molecular flexibility index (Phi) is 3.42. The number of pyridine rings is 1. The van der Waals surface area contributed by atoms with Crippen molar-refractivity contribution >= 4 is 17.7 Å². The molecule has 0 aliphatic carbocycles. The monoisotopic (exact) mass is 263 g/mol. The molecule has 19 heavy (non-hydrogen) atoms. The van der Waals surface area contributed by atoms with Crippen LogP contribution in [0.25, 0.3) is 0 Å². The van der Waals surface area contributed by atoms with Crippen molar-refractivity contribution in [1.82, 2.24) is 4.98 Å². The summed E-state index contributed by atoms with van der Waals surface area (Å²) in [5.74, 6) is -1.30. The van der Waals surface area contributed by atoms with Crippen LogP contribution in [0.15, 0.2) is 12.1 Å². The van der Waals surface area contributed by atoms with Gasteiger partial charge in [-0.05, 0) is 25.0 Å². The first-order valence-electron chi connectivity index (χ1n) is 6.15. The standard InChI is InChI=1S/C13H17N3O3/c1-7-5-16(6-10(7)13(18)19)12-9(11(14)17)4-3-8(2)15-12/h3-4,7,10H,5-6H2,1-2H3,(H2,14,17)(H,18,19)/t7-,10-/m1/s1. The minimum atomic E-state index is -0.816. The second kappa shape index (κ2) is 4.87. The minimum absolute atomic E-state index is 0.0144. The third-order valence-electron chi connectivity index (χ3n) is 3.51. The number of carboxylic acid groups (broad SMARTS) is 1. The molecule has 1 fully saturated rings. The summed E-state index contributed by atoms with van der Waals surface area (Å²) < 4.78 is 0. The molecule has 0 bridgehead atoms. The van der Waals surface area contributed by atoms with E-state index in [9.17, 15) is 9.59 Å². The number of aryl methyl sites for hydroxylation is 1. The van der Waals surface area contributed by atoms with E-state index >= 15 is 0 Å². The Labute approximate surface area is 111 Å². The zero-order chi connectivity index (χ0) is 14.2. The number of nitrogens with two attached hydrogens (primary N) is 1. The van der Waals surface area contributed by atoms with Crippen LogP contribution >= 0.6 is 0 Å². The van der Waals surface area contributed by atoms with Crippen LogP contribution in [0.4, 0.5) is 5.82 Å². The lowest BCUT2D eigenvalue weighted by Gasteiger charge is -2.19. The first-order valence-corrected chi connectivity index (χ1v) is 6.15. The molecule has 1 aliphatic rings. The highest BCUT2D eigenvalue weighted by Gasteiger charge is 2.36. The Hall–Kier alpha value is -2.11. The number of nitrogens with zero attached hydrogens (tertiary/aromatic N) is 2. The highest BCUT2D eigenvalue weighted by Crippen LogP contribution is 2.29. The van der Waals surface area contributed by atoms with E-state index in [4.69, 9.17) is 10.8 Å². The third-order valence-corrected chi connectivity index (χ3v) is 3.51. The third kappa shape index (κ3) is 2.52. The van der Waals surface area contributed by atoms with Crippen molar-refractivity contribution in [3.8, 4) is 0 Å². The lowest BCUT2D eigenvalue weighted by Crippen LogP contribution is -2.27. The maximum absolute atomic E-state index is 11.4. The SMILES string of the molecule is Cc1ccc(C(N)=O)c(N2C[C@@H](C)[C@H](C(=O)O)C2)n1. The fraction of sp³-hybridized carbons (Fsp3) is 0.462. The van der Waals surface area contributed by atoms with Crippen molar-refractivity contribution in [2.45, 2.75) is 13.8 Å². The van der Waals surface area contributed by atoms with Gasteiger partial charge in [-0.2, -0.15) is 0 Å². The zero-order valence-electron chi connectivity index (χ0n) is 11.0. The molecule has 102 valence electrons. The van der Waals surface area contributed by atoms with E-state index in [1.807, 2.05) is 18.7 Å². The molecule has 0 aromatic carbocycles.